The number of anilines is 1. The van der Waals surface area contributed by atoms with Crippen LogP contribution in [0.3, 0.4) is 0 Å². The Bertz CT molecular complexity index is 780. The molecule has 1 aromatic carbocycles. The highest BCUT2D eigenvalue weighted by atomic mass is 32.1. The number of thiophene rings is 1. The number of methoxy groups -OCH3 is 1. The third-order valence-corrected chi connectivity index (χ3v) is 4.09. The van der Waals surface area contributed by atoms with E-state index in [0.29, 0.717) is 29.3 Å². The van der Waals surface area contributed by atoms with Crippen molar-refractivity contribution in [3.63, 3.8) is 0 Å². The van der Waals surface area contributed by atoms with E-state index in [-0.39, 0.29) is 13.0 Å². The Morgan fingerprint density at radius 3 is 2.62 bits per heavy atom. The molecule has 0 fully saturated rings. The van der Waals surface area contributed by atoms with Gasteiger partial charge in [-0.25, -0.2) is 0 Å². The van der Waals surface area contributed by atoms with E-state index in [0.717, 1.165) is 5.75 Å². The SMILES string of the molecule is COc1ccc(OCCCC(=O)OCC(=O)Nc2sccc2C#N)cc1. The van der Waals surface area contributed by atoms with Gasteiger partial charge in [-0.3, -0.25) is 9.59 Å². The molecule has 136 valence electrons. The second kappa shape index (κ2) is 10.1. The number of hydrogen-bond donors (Lipinski definition) is 1. The number of carbonyl (C=O) groups is 2. The number of hydrogen-bond acceptors (Lipinski definition) is 7. The van der Waals surface area contributed by atoms with Crippen LogP contribution in [0.4, 0.5) is 5.00 Å². The standard InChI is InChI=1S/C18H18N2O5S/c1-23-14-4-6-15(7-5-14)24-9-2-3-17(22)25-12-16(21)20-18-13(11-19)8-10-26-18/h4-8,10H,2-3,9,12H2,1H3,(H,20,21). The predicted octanol–water partition coefficient (Wildman–Crippen LogP) is 2.97. The van der Waals surface area contributed by atoms with Crippen molar-refractivity contribution in [1.29, 1.82) is 5.26 Å². The average molecular weight is 374 g/mol. The lowest BCUT2D eigenvalue weighted by atomic mass is 10.3. The summed E-state index contributed by atoms with van der Waals surface area (Å²) >= 11 is 1.23. The minimum atomic E-state index is -0.481. The zero-order chi connectivity index (χ0) is 18.8. The van der Waals surface area contributed by atoms with Crippen molar-refractivity contribution >= 4 is 28.2 Å². The third-order valence-electron chi connectivity index (χ3n) is 3.26. The van der Waals surface area contributed by atoms with Crippen LogP contribution in [-0.4, -0.2) is 32.2 Å². The molecule has 0 aliphatic heterocycles. The summed E-state index contributed by atoms with van der Waals surface area (Å²) in [7, 11) is 1.59. The Morgan fingerprint density at radius 2 is 1.92 bits per heavy atom. The highest BCUT2D eigenvalue weighted by Gasteiger charge is 2.11. The lowest BCUT2D eigenvalue weighted by Crippen LogP contribution is -2.20. The Hall–Kier alpha value is -3.05. The van der Waals surface area contributed by atoms with Gasteiger partial charge in [0.25, 0.3) is 5.91 Å². The van der Waals surface area contributed by atoms with Crippen LogP contribution in [0.15, 0.2) is 35.7 Å². The Labute approximate surface area is 155 Å². The maximum atomic E-state index is 11.7. The van der Waals surface area contributed by atoms with Gasteiger partial charge < -0.3 is 19.5 Å². The average Bonchev–Trinajstić information content (AvgIpc) is 3.11. The molecule has 2 rings (SSSR count). The van der Waals surface area contributed by atoms with Gasteiger partial charge in [0, 0.05) is 6.42 Å². The lowest BCUT2D eigenvalue weighted by Gasteiger charge is -2.07. The molecule has 8 heteroatoms. The molecule has 0 spiro atoms. The Balaban J connectivity index is 1.61. The largest absolute Gasteiger partial charge is 0.497 e. The molecule has 0 saturated carbocycles. The molecule has 0 unspecified atom stereocenters. The quantitative estimate of drug-likeness (QED) is 0.535. The monoisotopic (exact) mass is 374 g/mol. The minimum absolute atomic E-state index is 0.145. The van der Waals surface area contributed by atoms with E-state index in [1.54, 1.807) is 42.8 Å². The summed E-state index contributed by atoms with van der Waals surface area (Å²) in [4.78, 5) is 23.4. The summed E-state index contributed by atoms with van der Waals surface area (Å²) < 4.78 is 15.5. The second-order valence-corrected chi connectivity index (χ2v) is 6.03. The van der Waals surface area contributed by atoms with Gasteiger partial charge in [0.05, 0.1) is 19.3 Å². The van der Waals surface area contributed by atoms with Crippen LogP contribution in [0.25, 0.3) is 0 Å². The van der Waals surface area contributed by atoms with E-state index in [1.807, 2.05) is 6.07 Å². The van der Waals surface area contributed by atoms with Crippen LogP contribution in [0.1, 0.15) is 18.4 Å². The van der Waals surface area contributed by atoms with E-state index >= 15 is 0 Å². The van der Waals surface area contributed by atoms with E-state index in [4.69, 9.17) is 19.5 Å². The number of ether oxygens (including phenoxy) is 3. The number of benzene rings is 1. The fourth-order valence-electron chi connectivity index (χ4n) is 1.95. The lowest BCUT2D eigenvalue weighted by molar-refractivity contribution is -0.147. The first-order valence-corrected chi connectivity index (χ1v) is 8.70. The number of carbonyl (C=O) groups excluding carboxylic acids is 2. The summed E-state index contributed by atoms with van der Waals surface area (Å²) in [6.45, 7) is -0.0325. The van der Waals surface area contributed by atoms with Crippen LogP contribution in [0.5, 0.6) is 11.5 Å². The Kier molecular flexibility index (Phi) is 7.46. The minimum Gasteiger partial charge on any atom is -0.497 e. The molecule has 1 aromatic heterocycles. The van der Waals surface area contributed by atoms with Crippen molar-refractivity contribution in [3.8, 4) is 17.6 Å². The van der Waals surface area contributed by atoms with Crippen LogP contribution >= 0.6 is 11.3 Å². The van der Waals surface area contributed by atoms with Gasteiger partial charge in [-0.2, -0.15) is 5.26 Å². The molecule has 1 amide bonds. The topological polar surface area (TPSA) is 97.7 Å². The van der Waals surface area contributed by atoms with Crippen molar-refractivity contribution in [1.82, 2.24) is 0 Å². The van der Waals surface area contributed by atoms with Gasteiger partial charge >= 0.3 is 5.97 Å². The molecule has 0 saturated heterocycles. The molecule has 0 aliphatic rings. The molecule has 0 aliphatic carbocycles. The van der Waals surface area contributed by atoms with Crippen molar-refractivity contribution in [2.45, 2.75) is 12.8 Å². The van der Waals surface area contributed by atoms with E-state index < -0.39 is 11.9 Å². The van der Waals surface area contributed by atoms with E-state index in [9.17, 15) is 9.59 Å². The number of esters is 1. The summed E-state index contributed by atoms with van der Waals surface area (Å²) in [5, 5.41) is 13.6. The predicted molar refractivity (Wildman–Crippen MR) is 96.3 cm³/mol. The fourth-order valence-corrected chi connectivity index (χ4v) is 2.71. The van der Waals surface area contributed by atoms with Gasteiger partial charge in [0.15, 0.2) is 6.61 Å². The smallest absolute Gasteiger partial charge is 0.306 e. The molecule has 7 nitrogen and oxygen atoms in total. The zero-order valence-electron chi connectivity index (χ0n) is 14.2. The number of nitrogens with zero attached hydrogens (tertiary/aromatic N) is 1. The van der Waals surface area contributed by atoms with Crippen molar-refractivity contribution < 1.29 is 23.8 Å². The summed E-state index contributed by atoms with van der Waals surface area (Å²) in [5.74, 6) is 0.461. The molecule has 0 radical (unpaired) electrons. The molecular formula is C18H18N2O5S. The van der Waals surface area contributed by atoms with Crippen LogP contribution in [0.2, 0.25) is 0 Å². The summed E-state index contributed by atoms with van der Waals surface area (Å²) in [6.07, 6.45) is 0.613. The molecule has 26 heavy (non-hydrogen) atoms. The maximum Gasteiger partial charge on any atom is 0.306 e. The molecular weight excluding hydrogens is 356 g/mol. The number of rotatable bonds is 9. The molecule has 0 atom stereocenters. The van der Waals surface area contributed by atoms with Crippen molar-refractivity contribution in [3.05, 3.63) is 41.3 Å². The first kappa shape index (κ1) is 19.3. The highest BCUT2D eigenvalue weighted by Crippen LogP contribution is 2.21. The zero-order valence-corrected chi connectivity index (χ0v) is 15.0. The summed E-state index contributed by atoms with van der Waals surface area (Å²) in [5.41, 5.74) is 0.380. The first-order valence-electron chi connectivity index (χ1n) is 7.82. The molecule has 0 bridgehead atoms. The third kappa shape index (κ3) is 6.11. The molecule has 1 heterocycles. The number of nitriles is 1. The van der Waals surface area contributed by atoms with Gasteiger partial charge in [-0.05, 0) is 42.1 Å². The normalized spacial score (nSPS) is 9.85. The van der Waals surface area contributed by atoms with Crippen molar-refractivity contribution in [2.24, 2.45) is 0 Å². The van der Waals surface area contributed by atoms with E-state index in [1.165, 1.54) is 11.3 Å². The maximum absolute atomic E-state index is 11.7. The number of nitrogens with one attached hydrogen (secondary N) is 1. The van der Waals surface area contributed by atoms with Gasteiger partial charge in [0.1, 0.15) is 22.6 Å². The van der Waals surface area contributed by atoms with Gasteiger partial charge in [0.2, 0.25) is 0 Å². The highest BCUT2D eigenvalue weighted by molar-refractivity contribution is 7.14. The Morgan fingerprint density at radius 1 is 1.19 bits per heavy atom. The van der Waals surface area contributed by atoms with Gasteiger partial charge in [-0.15, -0.1) is 11.3 Å². The second-order valence-electron chi connectivity index (χ2n) is 5.11. The van der Waals surface area contributed by atoms with Crippen molar-refractivity contribution in [2.75, 3.05) is 25.6 Å². The fraction of sp³-hybridized carbons (Fsp3) is 0.278. The van der Waals surface area contributed by atoms with Crippen LogP contribution in [-0.2, 0) is 14.3 Å². The van der Waals surface area contributed by atoms with Gasteiger partial charge in [-0.1, -0.05) is 0 Å². The van der Waals surface area contributed by atoms with Crippen LogP contribution in [0, 0.1) is 11.3 Å². The van der Waals surface area contributed by atoms with E-state index in [2.05, 4.69) is 5.32 Å². The molecule has 2 aromatic rings. The molecule has 1 N–H and O–H groups in total. The van der Waals surface area contributed by atoms with Crippen LogP contribution < -0.4 is 14.8 Å². The number of amides is 1. The first-order chi connectivity index (χ1) is 12.6. The summed E-state index contributed by atoms with van der Waals surface area (Å²) in [6, 6.07) is 10.7.